The maximum Gasteiger partial charge on any atom is 0.328 e. The van der Waals surface area contributed by atoms with Crippen LogP contribution < -0.4 is 5.69 Å². The zero-order valence-electron chi connectivity index (χ0n) is 6.37. The molecule has 0 radical (unpaired) electrons. The van der Waals surface area contributed by atoms with Gasteiger partial charge in [-0.3, -0.25) is 9.13 Å². The number of hydrogen-bond acceptors (Lipinski definition) is 2. The summed E-state index contributed by atoms with van der Waals surface area (Å²) in [7, 11) is 3.58. The predicted octanol–water partition coefficient (Wildman–Crippen LogP) is 0.938. The van der Waals surface area contributed by atoms with Gasteiger partial charge in [0.05, 0.1) is 11.0 Å². The monoisotopic (exact) mass is 168 g/mol. The highest BCUT2D eigenvalue weighted by Crippen LogP contribution is 2.15. The van der Waals surface area contributed by atoms with Gasteiger partial charge in [0.1, 0.15) is 0 Å². The Morgan fingerprint density at radius 2 is 1.64 bits per heavy atom. The number of aromatic nitrogens is 2. The van der Waals surface area contributed by atoms with E-state index < -0.39 is 0 Å². The topological polar surface area (TPSA) is 26.9 Å². The summed E-state index contributed by atoms with van der Waals surface area (Å²) in [6.45, 7) is 0. The normalized spacial score (nSPS) is 11.1. The van der Waals surface area contributed by atoms with Gasteiger partial charge in [-0.2, -0.15) is 0 Å². The van der Waals surface area contributed by atoms with Gasteiger partial charge < -0.3 is 0 Å². The minimum atomic E-state index is 0.0443. The summed E-state index contributed by atoms with van der Waals surface area (Å²) in [6, 6.07) is 0. The van der Waals surface area contributed by atoms with Gasteiger partial charge in [-0.1, -0.05) is 0 Å². The molecule has 0 amide bonds. The van der Waals surface area contributed by atoms with E-state index in [-0.39, 0.29) is 5.69 Å². The first-order chi connectivity index (χ1) is 5.22. The quantitative estimate of drug-likeness (QED) is 0.575. The number of imidazole rings is 1. The average Bonchev–Trinajstić information content (AvgIpc) is 2.53. The molecule has 2 aromatic heterocycles. The van der Waals surface area contributed by atoms with Crippen LogP contribution in [0.25, 0.3) is 11.0 Å². The zero-order chi connectivity index (χ0) is 8.01. The van der Waals surface area contributed by atoms with E-state index in [1.54, 1.807) is 34.6 Å². The maximum atomic E-state index is 11.3. The largest absolute Gasteiger partial charge is 0.328 e. The Balaban J connectivity index is 3.12. The van der Waals surface area contributed by atoms with Crippen LogP contribution in [0.4, 0.5) is 0 Å². The molecule has 4 heteroatoms. The predicted molar refractivity (Wildman–Crippen MR) is 46.0 cm³/mol. The van der Waals surface area contributed by atoms with E-state index in [2.05, 4.69) is 0 Å². The Hall–Kier alpha value is -1.03. The van der Waals surface area contributed by atoms with Crippen molar-refractivity contribution in [2.75, 3.05) is 0 Å². The summed E-state index contributed by atoms with van der Waals surface area (Å²) in [4.78, 5) is 11.3. The molecule has 2 heterocycles. The molecule has 0 saturated heterocycles. The molecule has 0 saturated carbocycles. The molecule has 0 aromatic carbocycles. The first-order valence-corrected chi connectivity index (χ1v) is 4.23. The van der Waals surface area contributed by atoms with E-state index in [1.165, 1.54) is 0 Å². The van der Waals surface area contributed by atoms with Gasteiger partial charge in [0.15, 0.2) is 0 Å². The molecule has 2 aromatic rings. The van der Waals surface area contributed by atoms with Crippen molar-refractivity contribution in [2.45, 2.75) is 0 Å². The average molecular weight is 168 g/mol. The molecule has 58 valence electrons. The van der Waals surface area contributed by atoms with Crippen molar-refractivity contribution in [1.82, 2.24) is 9.13 Å². The SMILES string of the molecule is Cn1c(=O)n(C)c2cscc21. The van der Waals surface area contributed by atoms with Gasteiger partial charge in [0, 0.05) is 24.9 Å². The molecule has 0 fully saturated rings. The van der Waals surface area contributed by atoms with Crippen LogP contribution >= 0.6 is 11.3 Å². The molecule has 3 nitrogen and oxygen atoms in total. The van der Waals surface area contributed by atoms with Gasteiger partial charge in [0.2, 0.25) is 0 Å². The first-order valence-electron chi connectivity index (χ1n) is 3.29. The van der Waals surface area contributed by atoms with E-state index in [1.807, 2.05) is 10.8 Å². The lowest BCUT2D eigenvalue weighted by molar-refractivity contribution is 0.795. The third-order valence-corrected chi connectivity index (χ3v) is 2.64. The highest BCUT2D eigenvalue weighted by atomic mass is 32.1. The molecule has 0 aliphatic carbocycles. The lowest BCUT2D eigenvalue weighted by atomic mass is 10.5. The Bertz CT molecular complexity index is 411. The Labute approximate surface area is 67.5 Å². The number of nitrogens with zero attached hydrogens (tertiary/aromatic N) is 2. The van der Waals surface area contributed by atoms with E-state index in [0.29, 0.717) is 0 Å². The fourth-order valence-electron chi connectivity index (χ4n) is 1.22. The Morgan fingerprint density at radius 3 is 2.09 bits per heavy atom. The summed E-state index contributed by atoms with van der Waals surface area (Å²) >= 11 is 1.62. The molecular formula is C7H8N2OS. The maximum absolute atomic E-state index is 11.3. The third kappa shape index (κ3) is 0.699. The molecule has 11 heavy (non-hydrogen) atoms. The van der Waals surface area contributed by atoms with Crippen LogP contribution in [0.1, 0.15) is 0 Å². The summed E-state index contributed by atoms with van der Waals surface area (Å²) in [5, 5.41) is 3.97. The number of thiophene rings is 1. The second-order valence-corrected chi connectivity index (χ2v) is 3.29. The van der Waals surface area contributed by atoms with Crippen LogP contribution in [-0.4, -0.2) is 9.13 Å². The minimum Gasteiger partial charge on any atom is -0.294 e. The molecule has 0 aliphatic rings. The van der Waals surface area contributed by atoms with Gasteiger partial charge in [-0.05, 0) is 0 Å². The van der Waals surface area contributed by atoms with E-state index in [4.69, 9.17) is 0 Å². The van der Waals surface area contributed by atoms with E-state index in [9.17, 15) is 4.79 Å². The number of hydrogen-bond donors (Lipinski definition) is 0. The van der Waals surface area contributed by atoms with E-state index in [0.717, 1.165) is 11.0 Å². The van der Waals surface area contributed by atoms with Crippen molar-refractivity contribution in [3.8, 4) is 0 Å². The summed E-state index contributed by atoms with van der Waals surface area (Å²) in [5.74, 6) is 0. The van der Waals surface area contributed by atoms with Gasteiger partial charge in [-0.15, -0.1) is 11.3 Å². The van der Waals surface area contributed by atoms with Crippen molar-refractivity contribution >= 4 is 22.4 Å². The van der Waals surface area contributed by atoms with Crippen LogP contribution in [-0.2, 0) is 14.1 Å². The fraction of sp³-hybridized carbons (Fsp3) is 0.286. The smallest absolute Gasteiger partial charge is 0.294 e. The van der Waals surface area contributed by atoms with Crippen molar-refractivity contribution in [1.29, 1.82) is 0 Å². The number of aryl methyl sites for hydroxylation is 2. The minimum absolute atomic E-state index is 0.0443. The Kier molecular flexibility index (Phi) is 1.20. The summed E-state index contributed by atoms with van der Waals surface area (Å²) in [6.07, 6.45) is 0. The van der Waals surface area contributed by atoms with E-state index >= 15 is 0 Å². The van der Waals surface area contributed by atoms with Crippen molar-refractivity contribution < 1.29 is 0 Å². The second kappa shape index (κ2) is 1.98. The van der Waals surface area contributed by atoms with Crippen LogP contribution in [0.5, 0.6) is 0 Å². The molecule has 0 aliphatic heterocycles. The van der Waals surface area contributed by atoms with Crippen LogP contribution in [0.15, 0.2) is 15.6 Å². The molecule has 0 bridgehead atoms. The zero-order valence-corrected chi connectivity index (χ0v) is 7.18. The number of rotatable bonds is 0. The Morgan fingerprint density at radius 1 is 1.18 bits per heavy atom. The second-order valence-electron chi connectivity index (χ2n) is 2.54. The summed E-state index contributed by atoms with van der Waals surface area (Å²) in [5.41, 5.74) is 2.08. The molecule has 0 atom stereocenters. The summed E-state index contributed by atoms with van der Waals surface area (Å²) < 4.78 is 3.32. The van der Waals surface area contributed by atoms with Crippen molar-refractivity contribution in [3.63, 3.8) is 0 Å². The molecule has 2 rings (SSSR count). The van der Waals surface area contributed by atoms with Crippen LogP contribution in [0.2, 0.25) is 0 Å². The van der Waals surface area contributed by atoms with Crippen LogP contribution in [0.3, 0.4) is 0 Å². The first kappa shape index (κ1) is 6.67. The van der Waals surface area contributed by atoms with Crippen LogP contribution in [0, 0.1) is 0 Å². The van der Waals surface area contributed by atoms with Gasteiger partial charge in [-0.25, -0.2) is 4.79 Å². The third-order valence-electron chi connectivity index (χ3n) is 1.92. The molecular weight excluding hydrogens is 160 g/mol. The molecule has 0 N–H and O–H groups in total. The molecule has 0 unspecified atom stereocenters. The lowest BCUT2D eigenvalue weighted by Crippen LogP contribution is -2.19. The van der Waals surface area contributed by atoms with Gasteiger partial charge >= 0.3 is 5.69 Å². The van der Waals surface area contributed by atoms with Crippen molar-refractivity contribution in [3.05, 3.63) is 21.2 Å². The highest BCUT2D eigenvalue weighted by molar-refractivity contribution is 7.09. The lowest BCUT2D eigenvalue weighted by Gasteiger charge is -1.85. The van der Waals surface area contributed by atoms with Gasteiger partial charge in [0.25, 0.3) is 0 Å². The fourth-order valence-corrected chi connectivity index (χ4v) is 2.10. The highest BCUT2D eigenvalue weighted by Gasteiger charge is 2.06. The van der Waals surface area contributed by atoms with Crippen molar-refractivity contribution in [2.24, 2.45) is 14.1 Å². The standard InChI is InChI=1S/C7H8N2OS/c1-8-5-3-11-4-6(5)9(2)7(8)10/h3-4H,1-2H3. The number of fused-ring (bicyclic) bond motifs is 1. The molecule has 0 spiro atoms.